The molecule has 0 spiro atoms. The number of nitrogens with one attached hydrogen (secondary N) is 2. The molecule has 0 radical (unpaired) electrons. The number of imidazole rings is 1. The van der Waals surface area contributed by atoms with Gasteiger partial charge in [-0.15, -0.1) is 11.6 Å². The molecule has 4 rings (SSSR count). The van der Waals surface area contributed by atoms with Gasteiger partial charge in [-0.3, -0.25) is 4.72 Å². The zero-order valence-corrected chi connectivity index (χ0v) is 19.9. The van der Waals surface area contributed by atoms with Gasteiger partial charge in [-0.2, -0.15) is 13.2 Å². The summed E-state index contributed by atoms with van der Waals surface area (Å²) in [4.78, 5) is 16.7. The van der Waals surface area contributed by atoms with Crippen molar-refractivity contribution in [2.45, 2.75) is 12.6 Å². The number of nitrogens with zero attached hydrogens (tertiary/aromatic N) is 1. The van der Waals surface area contributed by atoms with Crippen molar-refractivity contribution in [1.29, 1.82) is 0 Å². The van der Waals surface area contributed by atoms with Gasteiger partial charge < -0.3 is 14.8 Å². The Hall–Kier alpha value is -3.77. The summed E-state index contributed by atoms with van der Waals surface area (Å²) in [5, 5.41) is 6.63. The van der Waals surface area contributed by atoms with Gasteiger partial charge in [-0.25, -0.2) is 18.2 Å². The standard InChI is InChI=1S/C21H18ClN3O3S.C2HF3O2/c22-14-29(26,27)25-16-8-11-19-20(13-16)24-21(23-19)12-15-6-9-18(10-7-15)28-17-4-2-1-3-5-17;3-2(4,5)1(6)7/h1-11,13,25H,12,14H2,(H,23,24);(H,6,7). The number of para-hydroxylation sites is 1. The maximum Gasteiger partial charge on any atom is 0.490 e. The average molecular weight is 542 g/mol. The van der Waals surface area contributed by atoms with E-state index in [0.29, 0.717) is 12.1 Å². The summed E-state index contributed by atoms with van der Waals surface area (Å²) in [6.45, 7) is 0. The number of carboxylic acids is 1. The van der Waals surface area contributed by atoms with Crippen LogP contribution in [0.4, 0.5) is 18.9 Å². The van der Waals surface area contributed by atoms with Gasteiger partial charge in [-0.05, 0) is 48.0 Å². The van der Waals surface area contributed by atoms with Crippen LogP contribution in [0.1, 0.15) is 11.4 Å². The molecular weight excluding hydrogens is 523 g/mol. The summed E-state index contributed by atoms with van der Waals surface area (Å²) in [7, 11) is -3.54. The number of rotatable bonds is 7. The number of aromatic nitrogens is 2. The fraction of sp³-hybridized carbons (Fsp3) is 0.130. The Morgan fingerprint density at radius 3 is 2.22 bits per heavy atom. The summed E-state index contributed by atoms with van der Waals surface area (Å²) in [5.41, 5.74) is 3.03. The molecule has 0 fully saturated rings. The number of anilines is 1. The fourth-order valence-corrected chi connectivity index (χ4v) is 3.61. The number of hydrogen-bond donors (Lipinski definition) is 3. The lowest BCUT2D eigenvalue weighted by atomic mass is 10.1. The van der Waals surface area contributed by atoms with Crippen molar-refractivity contribution < 1.29 is 36.2 Å². The molecule has 0 aliphatic carbocycles. The quantitative estimate of drug-likeness (QED) is 0.265. The van der Waals surface area contributed by atoms with Gasteiger partial charge in [0.15, 0.2) is 0 Å². The molecule has 0 amide bonds. The summed E-state index contributed by atoms with van der Waals surface area (Å²) in [6.07, 6.45) is -4.47. The topological polar surface area (TPSA) is 121 Å². The molecule has 4 aromatic rings. The Morgan fingerprint density at radius 2 is 1.64 bits per heavy atom. The first-order chi connectivity index (χ1) is 16.9. The van der Waals surface area contributed by atoms with Crippen molar-refractivity contribution in [3.63, 3.8) is 0 Å². The molecule has 3 aromatic carbocycles. The monoisotopic (exact) mass is 541 g/mol. The number of sulfonamides is 1. The van der Waals surface area contributed by atoms with Crippen LogP contribution < -0.4 is 9.46 Å². The van der Waals surface area contributed by atoms with E-state index < -0.39 is 27.4 Å². The molecule has 3 N–H and O–H groups in total. The van der Waals surface area contributed by atoms with Crippen LogP contribution in [-0.4, -0.2) is 40.8 Å². The van der Waals surface area contributed by atoms with Crippen LogP contribution in [-0.2, 0) is 21.2 Å². The summed E-state index contributed by atoms with van der Waals surface area (Å²) >= 11 is 5.43. The number of aliphatic carboxylic acids is 1. The van der Waals surface area contributed by atoms with Crippen LogP contribution in [0.3, 0.4) is 0 Å². The number of benzene rings is 3. The number of alkyl halides is 4. The van der Waals surface area contributed by atoms with E-state index in [0.717, 1.165) is 33.9 Å². The number of carbonyl (C=O) groups is 1. The molecule has 0 aliphatic rings. The van der Waals surface area contributed by atoms with Crippen LogP contribution >= 0.6 is 11.6 Å². The minimum Gasteiger partial charge on any atom is -0.475 e. The first kappa shape index (κ1) is 26.8. The van der Waals surface area contributed by atoms with Crippen molar-refractivity contribution >= 4 is 44.3 Å². The van der Waals surface area contributed by atoms with Crippen LogP contribution in [0.5, 0.6) is 11.5 Å². The van der Waals surface area contributed by atoms with E-state index in [9.17, 15) is 21.6 Å². The second kappa shape index (κ2) is 11.3. The first-order valence-corrected chi connectivity index (χ1v) is 12.3. The lowest BCUT2D eigenvalue weighted by molar-refractivity contribution is -0.192. The number of hydrogen-bond acceptors (Lipinski definition) is 5. The number of aromatic amines is 1. The van der Waals surface area contributed by atoms with E-state index in [1.54, 1.807) is 18.2 Å². The fourth-order valence-electron chi connectivity index (χ4n) is 2.91. The SMILES string of the molecule is O=C(O)C(F)(F)F.O=S(=O)(CCl)Nc1ccc2nc(Cc3ccc(Oc4ccccc4)cc3)[nH]c2c1. The second-order valence-corrected chi connectivity index (χ2v) is 9.59. The molecule has 0 saturated heterocycles. The van der Waals surface area contributed by atoms with Crippen LogP contribution in [0.15, 0.2) is 72.8 Å². The minimum absolute atomic E-state index is 0.441. The Balaban J connectivity index is 0.000000454. The average Bonchev–Trinajstić information content (AvgIpc) is 3.22. The van der Waals surface area contributed by atoms with Crippen LogP contribution in [0.25, 0.3) is 11.0 Å². The van der Waals surface area contributed by atoms with Gasteiger partial charge >= 0.3 is 12.1 Å². The molecule has 1 heterocycles. The second-order valence-electron chi connectivity index (χ2n) is 7.28. The van der Waals surface area contributed by atoms with Crippen molar-refractivity contribution in [1.82, 2.24) is 9.97 Å². The van der Waals surface area contributed by atoms with Crippen molar-refractivity contribution in [3.05, 3.63) is 84.2 Å². The summed E-state index contributed by atoms with van der Waals surface area (Å²) in [6, 6.07) is 22.6. The number of H-pyrrole nitrogens is 1. The van der Waals surface area contributed by atoms with E-state index in [1.165, 1.54) is 0 Å². The molecule has 0 bridgehead atoms. The maximum absolute atomic E-state index is 11.6. The van der Waals surface area contributed by atoms with Crippen molar-refractivity contribution in [2.24, 2.45) is 0 Å². The van der Waals surface area contributed by atoms with Gasteiger partial charge in [0.1, 0.15) is 22.5 Å². The molecule has 13 heteroatoms. The van der Waals surface area contributed by atoms with Crippen LogP contribution in [0, 0.1) is 0 Å². The predicted octanol–water partition coefficient (Wildman–Crippen LogP) is 5.52. The van der Waals surface area contributed by atoms with Crippen LogP contribution in [0.2, 0.25) is 0 Å². The Kier molecular flexibility index (Phi) is 8.43. The minimum atomic E-state index is -5.08. The van der Waals surface area contributed by atoms with E-state index in [4.69, 9.17) is 26.2 Å². The van der Waals surface area contributed by atoms with Crippen molar-refractivity contribution in [3.8, 4) is 11.5 Å². The Bertz CT molecular complexity index is 1430. The first-order valence-electron chi connectivity index (χ1n) is 10.1. The number of halogens is 4. The van der Waals surface area contributed by atoms with Gasteiger partial charge in [0.25, 0.3) is 0 Å². The molecule has 190 valence electrons. The third-order valence-corrected chi connectivity index (χ3v) is 6.16. The van der Waals surface area contributed by atoms with Gasteiger partial charge in [0, 0.05) is 6.42 Å². The molecule has 0 atom stereocenters. The molecule has 0 saturated carbocycles. The Labute approximate surface area is 208 Å². The van der Waals surface area contributed by atoms with E-state index >= 15 is 0 Å². The third-order valence-electron chi connectivity index (χ3n) is 4.46. The highest BCUT2D eigenvalue weighted by atomic mass is 35.5. The maximum atomic E-state index is 11.6. The molecule has 0 unspecified atom stereocenters. The zero-order valence-electron chi connectivity index (χ0n) is 18.3. The molecule has 36 heavy (non-hydrogen) atoms. The summed E-state index contributed by atoms with van der Waals surface area (Å²) < 4.78 is 63.2. The van der Waals surface area contributed by atoms with Gasteiger partial charge in [-0.1, -0.05) is 30.3 Å². The summed E-state index contributed by atoms with van der Waals surface area (Å²) in [5.74, 6) is -0.416. The predicted molar refractivity (Wildman–Crippen MR) is 129 cm³/mol. The molecule has 0 aliphatic heterocycles. The lowest BCUT2D eigenvalue weighted by Gasteiger charge is -2.06. The zero-order chi connectivity index (χ0) is 26.3. The largest absolute Gasteiger partial charge is 0.490 e. The lowest BCUT2D eigenvalue weighted by Crippen LogP contribution is -2.21. The number of carboxylic acid groups (broad SMARTS) is 1. The number of ether oxygens (including phenoxy) is 1. The van der Waals surface area contributed by atoms with E-state index in [1.807, 2.05) is 54.6 Å². The highest BCUT2D eigenvalue weighted by Crippen LogP contribution is 2.23. The van der Waals surface area contributed by atoms with E-state index in [-0.39, 0.29) is 0 Å². The van der Waals surface area contributed by atoms with Gasteiger partial charge in [0.05, 0.1) is 16.7 Å². The molecule has 1 aromatic heterocycles. The highest BCUT2D eigenvalue weighted by Gasteiger charge is 2.38. The Morgan fingerprint density at radius 1 is 1.03 bits per heavy atom. The van der Waals surface area contributed by atoms with Crippen molar-refractivity contribution in [2.75, 3.05) is 9.93 Å². The van der Waals surface area contributed by atoms with E-state index in [2.05, 4.69) is 14.7 Å². The smallest absolute Gasteiger partial charge is 0.475 e. The van der Waals surface area contributed by atoms with Gasteiger partial charge in [0.2, 0.25) is 10.0 Å². The molecule has 8 nitrogen and oxygen atoms in total. The number of fused-ring (bicyclic) bond motifs is 1. The molecular formula is C23H19ClF3N3O5S. The normalized spacial score (nSPS) is 11.4. The highest BCUT2D eigenvalue weighted by molar-refractivity contribution is 7.93. The third kappa shape index (κ3) is 7.89.